The van der Waals surface area contributed by atoms with Crippen molar-refractivity contribution in [2.24, 2.45) is 5.92 Å². The van der Waals surface area contributed by atoms with E-state index in [-0.39, 0.29) is 18.6 Å². The fourth-order valence-corrected chi connectivity index (χ4v) is 4.31. The van der Waals surface area contributed by atoms with Crippen molar-refractivity contribution in [3.63, 3.8) is 0 Å². The molecule has 7 nitrogen and oxygen atoms in total. The summed E-state index contributed by atoms with van der Waals surface area (Å²) in [5, 5.41) is 4.14. The Kier molecular flexibility index (Phi) is 5.24. The Morgan fingerprint density at radius 3 is 3.00 bits per heavy atom. The summed E-state index contributed by atoms with van der Waals surface area (Å²) in [5.41, 5.74) is 3.02. The molecule has 3 heterocycles. The maximum absolute atomic E-state index is 12.9. The lowest BCUT2D eigenvalue weighted by Crippen LogP contribution is -2.43. The van der Waals surface area contributed by atoms with E-state index in [1.54, 1.807) is 7.11 Å². The van der Waals surface area contributed by atoms with Crippen LogP contribution in [0.2, 0.25) is 0 Å². The van der Waals surface area contributed by atoms with Crippen LogP contribution in [-0.4, -0.2) is 37.9 Å². The molecule has 2 aliphatic heterocycles. The summed E-state index contributed by atoms with van der Waals surface area (Å²) in [7, 11) is 1.67. The van der Waals surface area contributed by atoms with Gasteiger partial charge in [0.1, 0.15) is 5.75 Å². The fraction of sp³-hybridized carbons (Fsp3) is 0.333. The van der Waals surface area contributed by atoms with Crippen molar-refractivity contribution < 1.29 is 19.0 Å². The molecule has 1 atom stereocenters. The number of amides is 1. The second kappa shape index (κ2) is 8.34. The Morgan fingerprint density at radius 2 is 2.10 bits per heavy atom. The van der Waals surface area contributed by atoms with E-state index in [9.17, 15) is 4.79 Å². The lowest BCUT2D eigenvalue weighted by atomic mass is 9.96. The van der Waals surface area contributed by atoms with Gasteiger partial charge in [-0.2, -0.15) is 0 Å². The van der Waals surface area contributed by atoms with Crippen molar-refractivity contribution in [2.75, 3.05) is 31.9 Å². The van der Waals surface area contributed by atoms with Crippen molar-refractivity contribution in [1.29, 1.82) is 0 Å². The van der Waals surface area contributed by atoms with Gasteiger partial charge in [-0.25, -0.2) is 0 Å². The zero-order valence-electron chi connectivity index (χ0n) is 17.5. The van der Waals surface area contributed by atoms with Crippen molar-refractivity contribution in [2.45, 2.75) is 19.4 Å². The van der Waals surface area contributed by atoms with Gasteiger partial charge in [-0.05, 0) is 54.8 Å². The molecule has 0 aliphatic carbocycles. The molecule has 1 amide bonds. The van der Waals surface area contributed by atoms with E-state index >= 15 is 0 Å². The van der Waals surface area contributed by atoms with E-state index in [2.05, 4.69) is 15.2 Å². The van der Waals surface area contributed by atoms with Crippen LogP contribution in [0, 0.1) is 5.92 Å². The quantitative estimate of drug-likeness (QED) is 0.682. The number of pyridine rings is 1. The number of nitrogens with one attached hydrogen (secondary N) is 1. The number of carbonyl (C=O) groups is 1. The molecule has 0 saturated carbocycles. The molecule has 0 radical (unpaired) electrons. The van der Waals surface area contributed by atoms with Crippen LogP contribution in [0.5, 0.6) is 17.2 Å². The van der Waals surface area contributed by atoms with Gasteiger partial charge in [-0.15, -0.1) is 0 Å². The number of methoxy groups -OCH3 is 1. The Hall–Kier alpha value is -3.48. The standard InChI is InChI=1S/C24H25N3O4/c1-29-18-5-6-20-19(12-18)21(8-9-25-20)27-10-2-3-17(14-27)24(28)26-13-16-4-7-22-23(11-16)31-15-30-22/h4-9,11-12,17H,2-3,10,13-15H2,1H3,(H,26,28). The van der Waals surface area contributed by atoms with Gasteiger partial charge < -0.3 is 24.4 Å². The largest absolute Gasteiger partial charge is 0.497 e. The van der Waals surface area contributed by atoms with Gasteiger partial charge >= 0.3 is 0 Å². The smallest absolute Gasteiger partial charge is 0.231 e. The van der Waals surface area contributed by atoms with E-state index in [0.717, 1.165) is 58.8 Å². The molecule has 1 saturated heterocycles. The second-order valence-corrected chi connectivity index (χ2v) is 7.90. The minimum absolute atomic E-state index is 0.0587. The first kappa shape index (κ1) is 19.5. The van der Waals surface area contributed by atoms with E-state index in [0.29, 0.717) is 13.1 Å². The van der Waals surface area contributed by atoms with Gasteiger partial charge in [0.05, 0.1) is 18.5 Å². The van der Waals surface area contributed by atoms with Crippen LogP contribution < -0.4 is 24.4 Å². The number of hydrogen-bond donors (Lipinski definition) is 1. The molecular formula is C24H25N3O4. The van der Waals surface area contributed by atoms with Crippen LogP contribution in [0.4, 0.5) is 5.69 Å². The highest BCUT2D eigenvalue weighted by Crippen LogP contribution is 2.33. The Bertz CT molecular complexity index is 1120. The van der Waals surface area contributed by atoms with E-state index < -0.39 is 0 Å². The number of hydrogen-bond acceptors (Lipinski definition) is 6. The molecule has 1 unspecified atom stereocenters. The van der Waals surface area contributed by atoms with E-state index in [1.807, 2.05) is 48.7 Å². The first-order valence-corrected chi connectivity index (χ1v) is 10.6. The summed E-state index contributed by atoms with van der Waals surface area (Å²) in [6.45, 7) is 2.32. The summed E-state index contributed by atoms with van der Waals surface area (Å²) >= 11 is 0. The van der Waals surface area contributed by atoms with E-state index in [1.165, 1.54) is 0 Å². The molecule has 1 fully saturated rings. The predicted molar refractivity (Wildman–Crippen MR) is 118 cm³/mol. The van der Waals surface area contributed by atoms with Crippen LogP contribution in [-0.2, 0) is 11.3 Å². The summed E-state index contributed by atoms with van der Waals surface area (Å²) < 4.78 is 16.2. The highest BCUT2D eigenvalue weighted by atomic mass is 16.7. The van der Waals surface area contributed by atoms with Crippen molar-refractivity contribution >= 4 is 22.5 Å². The Labute approximate surface area is 180 Å². The van der Waals surface area contributed by atoms with Gasteiger partial charge in [0.2, 0.25) is 12.7 Å². The fourth-order valence-electron chi connectivity index (χ4n) is 4.31. The molecular weight excluding hydrogens is 394 g/mol. The van der Waals surface area contributed by atoms with Crippen LogP contribution in [0.15, 0.2) is 48.7 Å². The predicted octanol–water partition coefficient (Wildman–Crippen LogP) is 3.50. The van der Waals surface area contributed by atoms with Crippen LogP contribution in [0.25, 0.3) is 10.9 Å². The highest BCUT2D eigenvalue weighted by Gasteiger charge is 2.27. The molecule has 160 valence electrons. The number of piperidine rings is 1. The lowest BCUT2D eigenvalue weighted by Gasteiger charge is -2.34. The average molecular weight is 419 g/mol. The SMILES string of the molecule is COc1ccc2nccc(N3CCCC(C(=O)NCc4ccc5c(c4)OCO5)C3)c2c1. The summed E-state index contributed by atoms with van der Waals surface area (Å²) in [6.07, 6.45) is 3.68. The molecule has 31 heavy (non-hydrogen) atoms. The van der Waals surface area contributed by atoms with Crippen molar-refractivity contribution in [3.8, 4) is 17.2 Å². The summed E-state index contributed by atoms with van der Waals surface area (Å²) in [5.74, 6) is 2.31. The molecule has 1 N–H and O–H groups in total. The number of aromatic nitrogens is 1. The first-order chi connectivity index (χ1) is 15.2. The maximum atomic E-state index is 12.9. The number of anilines is 1. The van der Waals surface area contributed by atoms with E-state index in [4.69, 9.17) is 14.2 Å². The third kappa shape index (κ3) is 3.95. The van der Waals surface area contributed by atoms with Gasteiger partial charge in [-0.1, -0.05) is 6.07 Å². The van der Waals surface area contributed by atoms with Crippen LogP contribution in [0.3, 0.4) is 0 Å². The number of carbonyl (C=O) groups excluding carboxylic acids is 1. The molecule has 5 rings (SSSR count). The molecule has 3 aromatic rings. The minimum atomic E-state index is -0.0587. The Balaban J connectivity index is 1.28. The number of nitrogens with zero attached hydrogens (tertiary/aromatic N) is 2. The molecule has 7 heteroatoms. The monoisotopic (exact) mass is 419 g/mol. The van der Waals surface area contributed by atoms with Crippen molar-refractivity contribution in [3.05, 3.63) is 54.2 Å². The molecule has 2 aliphatic rings. The number of ether oxygens (including phenoxy) is 3. The molecule has 2 aromatic carbocycles. The average Bonchev–Trinajstić information content (AvgIpc) is 3.30. The van der Waals surface area contributed by atoms with Gasteiger partial charge in [-0.3, -0.25) is 9.78 Å². The minimum Gasteiger partial charge on any atom is -0.497 e. The third-order valence-electron chi connectivity index (χ3n) is 5.96. The van der Waals surface area contributed by atoms with Gasteiger partial charge in [0.15, 0.2) is 11.5 Å². The van der Waals surface area contributed by atoms with Crippen LogP contribution in [0.1, 0.15) is 18.4 Å². The summed E-state index contributed by atoms with van der Waals surface area (Å²) in [6, 6.07) is 13.7. The molecule has 0 bridgehead atoms. The maximum Gasteiger partial charge on any atom is 0.231 e. The molecule has 0 spiro atoms. The topological polar surface area (TPSA) is 72.9 Å². The van der Waals surface area contributed by atoms with Crippen molar-refractivity contribution in [1.82, 2.24) is 10.3 Å². The summed E-state index contributed by atoms with van der Waals surface area (Å²) in [4.78, 5) is 19.7. The van der Waals surface area contributed by atoms with Gasteiger partial charge in [0, 0.05) is 36.9 Å². The lowest BCUT2D eigenvalue weighted by molar-refractivity contribution is -0.125. The zero-order chi connectivity index (χ0) is 21.2. The first-order valence-electron chi connectivity index (χ1n) is 10.6. The number of fused-ring (bicyclic) bond motifs is 2. The Morgan fingerprint density at radius 1 is 1.19 bits per heavy atom. The molecule has 1 aromatic heterocycles. The van der Waals surface area contributed by atoms with Crippen LogP contribution >= 0.6 is 0 Å². The highest BCUT2D eigenvalue weighted by molar-refractivity contribution is 5.93. The van der Waals surface area contributed by atoms with Gasteiger partial charge in [0.25, 0.3) is 0 Å². The third-order valence-corrected chi connectivity index (χ3v) is 5.96. The number of rotatable bonds is 5. The second-order valence-electron chi connectivity index (χ2n) is 7.90. The zero-order valence-corrected chi connectivity index (χ0v) is 17.5. The number of benzene rings is 2. The normalized spacial score (nSPS) is 17.6.